The van der Waals surface area contributed by atoms with Crippen LogP contribution in [-0.2, 0) is 110 Å². The van der Waals surface area contributed by atoms with E-state index in [2.05, 4.69) is 58.2 Å². The molecule has 0 saturated carbocycles. The van der Waals surface area contributed by atoms with Crippen molar-refractivity contribution >= 4 is 137 Å². The first kappa shape index (κ1) is 106. The van der Waals surface area contributed by atoms with Crippen LogP contribution in [0, 0.1) is 6.92 Å². The van der Waals surface area contributed by atoms with Crippen LogP contribution in [0.2, 0.25) is 0 Å². The van der Waals surface area contributed by atoms with Crippen molar-refractivity contribution in [2.24, 2.45) is 11.5 Å². The van der Waals surface area contributed by atoms with Crippen LogP contribution in [0.25, 0.3) is 10.9 Å². The minimum atomic E-state index is -4.65. The Morgan fingerprint density at radius 3 is 2.10 bits per heavy atom. The van der Waals surface area contributed by atoms with Gasteiger partial charge in [-0.05, 0) is 144 Å². The van der Waals surface area contributed by atoms with Gasteiger partial charge in [0.25, 0.3) is 0 Å². The highest BCUT2D eigenvalue weighted by Crippen LogP contribution is 2.51. The fourth-order valence-corrected chi connectivity index (χ4v) is 20.6. The Bertz CT molecular complexity index is 5330. The van der Waals surface area contributed by atoms with Gasteiger partial charge in [-0.2, -0.15) is 13.2 Å². The maximum atomic E-state index is 15.4. The number of methoxy groups -OCH3 is 2. The van der Waals surface area contributed by atoms with Crippen molar-refractivity contribution in [1.82, 2.24) is 63.1 Å². The molecule has 6 bridgehead atoms. The van der Waals surface area contributed by atoms with Gasteiger partial charge in [0.15, 0.2) is 5.72 Å². The van der Waals surface area contributed by atoms with Gasteiger partial charge < -0.3 is 113 Å². The first-order valence-electron chi connectivity index (χ1n) is 44.1. The van der Waals surface area contributed by atoms with Crippen molar-refractivity contribution in [2.45, 2.75) is 221 Å². The molecule has 5 aliphatic rings. The molecule has 736 valence electrons. The number of ether oxygens (including phenoxy) is 5. The van der Waals surface area contributed by atoms with E-state index < -0.39 is 203 Å². The lowest BCUT2D eigenvalue weighted by molar-refractivity contribution is -0.328. The molecule has 0 aliphatic carbocycles. The number of carbonyl (C=O) groups is 13. The molecule has 3 saturated heterocycles. The number of nitrogens with one attached hydrogen (secondary N) is 11. The number of likely N-dealkylation sites (N-methyl/N-ethyl adjacent to an activating group) is 1. The highest BCUT2D eigenvalue weighted by atomic mass is 33.1. The number of aromatic nitrogens is 1. The zero-order valence-corrected chi connectivity index (χ0v) is 80.1. The third-order valence-electron chi connectivity index (χ3n) is 24.0. The Morgan fingerprint density at radius 1 is 0.772 bits per heavy atom. The summed E-state index contributed by atoms with van der Waals surface area (Å²) in [6.07, 6.45) is -4.90. The molecule has 13 amide bonds. The molecule has 6 heterocycles. The van der Waals surface area contributed by atoms with E-state index in [-0.39, 0.29) is 87.3 Å². The van der Waals surface area contributed by atoms with E-state index in [9.17, 15) is 71.6 Å². The van der Waals surface area contributed by atoms with Crippen LogP contribution in [-0.4, -0.2) is 256 Å². The number of alkyl halides is 3. The number of fused-ring (bicyclic) bond motifs is 7. The standard InChI is InChI=1S/C93H118F3N15O21S4/c1-51-19-18-25-73(129-10)92(127)44-75(131-89(126)109-92)91(6)50-90(5,132-91)74(43-77(115)111(8)71-40-58(37-51)41-72(128-9)52(71)2)130-87(124)53(3)110(7)76(114)34-36-133-134-47-68(79(98)116)104-85(122)70-49-136-135-48-69(105-82(119)66(38-55-20-12-11-13-21-55)107-88(125)100-45-57-26-30-60(31-27-57)93(94,95)96)84(121)102-65(39-56-28-32-61(113)33-29-56)81(118)103-67(42-59-46-99-63-23-15-14-22-62(59)63)83(120)101-64(24-16-17-35-97)80(117)108-78(54(4)112)86(123)106-70/h11-15,18-23,25-33,40-41,46,53-54,64-70,73-75,78,99,112-113,127H,16-17,24,34-39,42-45,47-50,97H2,1-10H3,(H2,98,116)(H,101,120)(H,102,121)(H,103,118)(H,104,122)(H,105,119)(H,106,123)(H,108,117)(H,109,126)(H2,100,107,125)/b25-18+,51-19+/t53-,54+,64-,65-,66+,67+,68-,69-,70-,73+,74-,75-,78-,90+,91?,92-/m0/s1. The van der Waals surface area contributed by atoms with Crippen molar-refractivity contribution in [3.8, 4) is 11.5 Å². The Morgan fingerprint density at radius 2 is 1.43 bits per heavy atom. The molecule has 11 rings (SSSR count). The lowest BCUT2D eigenvalue weighted by Gasteiger charge is -2.59. The summed E-state index contributed by atoms with van der Waals surface area (Å²) in [7, 11) is 9.58. The first-order chi connectivity index (χ1) is 64.5. The second kappa shape index (κ2) is 48.4. The Kier molecular flexibility index (Phi) is 37.9. The number of phenolic OH excluding ortho intramolecular Hbond substituents is 1. The van der Waals surface area contributed by atoms with Crippen LogP contribution >= 0.6 is 43.2 Å². The van der Waals surface area contributed by atoms with E-state index in [1.807, 2.05) is 25.1 Å². The van der Waals surface area contributed by atoms with Crippen molar-refractivity contribution in [1.29, 1.82) is 0 Å². The highest BCUT2D eigenvalue weighted by molar-refractivity contribution is 8.77. The quantitative estimate of drug-likeness (QED) is 0.0147. The molecule has 43 heteroatoms. The minimum absolute atomic E-state index is 0.0239. The summed E-state index contributed by atoms with van der Waals surface area (Å²) in [6, 6.07) is 13.4. The number of hydrogen-bond acceptors (Lipinski definition) is 26. The number of nitrogens with two attached hydrogens (primary N) is 2. The number of primary amides is 1. The van der Waals surface area contributed by atoms with E-state index in [1.165, 1.54) is 64.3 Å². The number of esters is 1. The van der Waals surface area contributed by atoms with E-state index in [4.69, 9.17) is 35.2 Å². The molecule has 3 fully saturated rings. The minimum Gasteiger partial charge on any atom is -0.508 e. The average molecular weight is 1970 g/mol. The number of rotatable bonds is 30. The molecule has 136 heavy (non-hydrogen) atoms. The van der Waals surface area contributed by atoms with Gasteiger partial charge in [0.2, 0.25) is 59.1 Å². The zero-order chi connectivity index (χ0) is 99.1. The number of hydrogen-bond donors (Lipinski definition) is 16. The fraction of sp³-hybridized carbons (Fsp3) is 0.473. The van der Waals surface area contributed by atoms with E-state index in [1.54, 1.807) is 101 Å². The van der Waals surface area contributed by atoms with Gasteiger partial charge in [0.1, 0.15) is 95.4 Å². The number of carbonyl (C=O) groups excluding carboxylic acids is 13. The van der Waals surface area contributed by atoms with Crippen LogP contribution in [0.15, 0.2) is 145 Å². The SMILES string of the molecule is COc1cc2cc(c1C)N(C)C(=O)C[C@H](OC(=O)[C@H](C)N(C)C(=O)CCSSC[C@H](NC(=O)[C@@H]1CSSC[C@H](NC(=O)[C@@H](Cc3ccccc3)NC(=O)NCc3ccc(C(F)(F)F)cc3)C(=O)N[C@@H](Cc3ccc(O)cc3)C(=O)N[C@H](Cc3c[nH]c4ccccc34)C(=O)N[C@@H](CCCCN)C(=O)N[C@@H]([C@@H](C)O)C(=O)N1)C(N)=O)[C@@]1(C)CC(C)(O1)[C@@H]1C[C@@](O)(NC(=O)O1)[C@H](OC)/C=C/C=C(\C)C2. The second-order valence-corrected chi connectivity index (χ2v) is 39.6. The highest BCUT2D eigenvalue weighted by Gasteiger charge is 2.64. The zero-order valence-electron chi connectivity index (χ0n) is 76.8. The number of alkyl carbamates (subject to hydrolysis) is 1. The number of aromatic hydroxyl groups is 1. The van der Waals surface area contributed by atoms with Crippen LogP contribution in [0.5, 0.6) is 11.5 Å². The van der Waals surface area contributed by atoms with Crippen molar-refractivity contribution in [3.05, 3.63) is 184 Å². The lowest BCUT2D eigenvalue weighted by Crippen LogP contribution is -2.72. The van der Waals surface area contributed by atoms with Gasteiger partial charge in [-0.1, -0.05) is 140 Å². The van der Waals surface area contributed by atoms with E-state index in [0.717, 1.165) is 83.5 Å². The van der Waals surface area contributed by atoms with Crippen molar-refractivity contribution < 1.29 is 115 Å². The maximum Gasteiger partial charge on any atom is 0.416 e. The maximum absolute atomic E-state index is 15.4. The number of amides is 13. The topological polar surface area (TPSA) is 523 Å². The number of halogens is 3. The Labute approximate surface area is 800 Å². The summed E-state index contributed by atoms with van der Waals surface area (Å²) in [6.45, 7) is 9.43. The number of urea groups is 1. The number of anilines is 1. The number of unbranched alkanes of at least 4 members (excludes halogenated alkanes) is 1. The summed E-state index contributed by atoms with van der Waals surface area (Å²) in [5.74, 6) is -11.0. The molecule has 0 spiro atoms. The van der Waals surface area contributed by atoms with Gasteiger partial charge >= 0.3 is 24.3 Å². The molecule has 5 aromatic carbocycles. The molecule has 0 radical (unpaired) electrons. The summed E-state index contributed by atoms with van der Waals surface area (Å²) in [5, 5.41) is 60.7. The number of benzene rings is 5. The van der Waals surface area contributed by atoms with Crippen LogP contribution < -0.4 is 74.3 Å². The van der Waals surface area contributed by atoms with Crippen LogP contribution in [0.1, 0.15) is 119 Å². The molecule has 6 aromatic rings. The van der Waals surface area contributed by atoms with Gasteiger partial charge in [-0.3, -0.25) is 53.3 Å². The van der Waals surface area contributed by atoms with Gasteiger partial charge in [-0.25, -0.2) is 14.4 Å². The summed E-state index contributed by atoms with van der Waals surface area (Å²) < 4.78 is 70.7. The summed E-state index contributed by atoms with van der Waals surface area (Å²) in [4.78, 5) is 195. The average Bonchev–Trinajstić information content (AvgIpc) is 1.33. The third-order valence-corrected chi connectivity index (χ3v) is 28.8. The monoisotopic (exact) mass is 1970 g/mol. The van der Waals surface area contributed by atoms with E-state index in [0.29, 0.717) is 57.4 Å². The molecule has 1 aromatic heterocycles. The molecule has 18 N–H and O–H groups in total. The smallest absolute Gasteiger partial charge is 0.416 e. The number of phenols is 1. The molecule has 1 unspecified atom stereocenters. The molecule has 5 aliphatic heterocycles. The Balaban J connectivity index is 0.878. The predicted molar refractivity (Wildman–Crippen MR) is 507 cm³/mol. The predicted octanol–water partition coefficient (Wildman–Crippen LogP) is 5.67. The number of H-pyrrole nitrogens is 1. The summed E-state index contributed by atoms with van der Waals surface area (Å²) >= 11 is 0. The second-order valence-electron chi connectivity index (χ2n) is 34.4. The molecular weight excluding hydrogens is 1850 g/mol. The van der Waals surface area contributed by atoms with E-state index >= 15 is 19.2 Å². The normalized spacial score (nSPS) is 25.0. The number of para-hydroxylation sites is 1. The first-order valence-corrected chi connectivity index (χ1v) is 49.0. The summed E-state index contributed by atoms with van der Waals surface area (Å²) in [5.41, 5.74) is 11.3. The third kappa shape index (κ3) is 29.0. The molecule has 36 nitrogen and oxygen atoms in total. The van der Waals surface area contributed by atoms with Crippen LogP contribution in [0.3, 0.4) is 0 Å². The van der Waals surface area contributed by atoms with Crippen molar-refractivity contribution in [3.63, 3.8) is 0 Å². The van der Waals surface area contributed by atoms with Gasteiger partial charge in [-0.15, -0.1) is 0 Å². The number of aliphatic hydroxyl groups excluding tert-OH is 1. The lowest BCUT2D eigenvalue weighted by atomic mass is 9.72. The molecular formula is C93H118F3N15O21S4. The number of aromatic amines is 1. The number of nitrogens with zero attached hydrogens (tertiary/aromatic N) is 2. The molecule has 16 atom stereocenters. The number of aliphatic hydroxyl groups is 2. The van der Waals surface area contributed by atoms with Crippen LogP contribution in [0.4, 0.5) is 28.4 Å². The van der Waals surface area contributed by atoms with Crippen molar-refractivity contribution in [2.75, 3.05) is 62.8 Å². The number of allylic oxidation sites excluding steroid dienone is 3. The largest absolute Gasteiger partial charge is 0.508 e. The Hall–Kier alpha value is -11.6. The van der Waals surface area contributed by atoms with Gasteiger partial charge in [0, 0.05) is 112 Å². The fourth-order valence-electron chi connectivity index (χ4n) is 16.2. The van der Waals surface area contributed by atoms with Gasteiger partial charge in [0.05, 0.1) is 30.9 Å².